The van der Waals surface area contributed by atoms with E-state index in [2.05, 4.69) is 30.4 Å². The van der Waals surface area contributed by atoms with Crippen LogP contribution in [0.5, 0.6) is 0 Å². The highest BCUT2D eigenvalue weighted by Gasteiger charge is 2.23. The Morgan fingerprint density at radius 1 is 0.889 bits per heavy atom. The number of sulfonamides is 1. The van der Waals surface area contributed by atoms with Crippen LogP contribution < -0.4 is 9.62 Å². The van der Waals surface area contributed by atoms with E-state index in [0.29, 0.717) is 18.8 Å². The summed E-state index contributed by atoms with van der Waals surface area (Å²) < 4.78 is 27.4. The number of benzene rings is 3. The first kappa shape index (κ1) is 19.0. The molecule has 0 aliphatic heterocycles. The number of nitrogens with zero attached hydrogens (tertiary/aromatic N) is 1. The molecule has 0 unspecified atom stereocenters. The van der Waals surface area contributed by atoms with Crippen molar-refractivity contribution in [3.8, 4) is 0 Å². The molecule has 140 valence electrons. The van der Waals surface area contributed by atoms with Crippen molar-refractivity contribution in [2.45, 2.75) is 25.3 Å². The molecule has 5 heteroatoms. The van der Waals surface area contributed by atoms with Gasteiger partial charge in [0.2, 0.25) is 0 Å². The van der Waals surface area contributed by atoms with Gasteiger partial charge in [-0.05, 0) is 55.8 Å². The fraction of sp³-hybridized carbons (Fsp3) is 0.182. The molecule has 0 amide bonds. The van der Waals surface area contributed by atoms with Crippen LogP contribution in [0.2, 0.25) is 0 Å². The van der Waals surface area contributed by atoms with Crippen LogP contribution >= 0.6 is 0 Å². The molecule has 0 aliphatic carbocycles. The van der Waals surface area contributed by atoms with Gasteiger partial charge in [0.15, 0.2) is 0 Å². The fourth-order valence-electron chi connectivity index (χ4n) is 2.98. The van der Waals surface area contributed by atoms with Gasteiger partial charge in [0, 0.05) is 18.8 Å². The lowest BCUT2D eigenvalue weighted by atomic mass is 10.1. The van der Waals surface area contributed by atoms with Crippen molar-refractivity contribution in [1.82, 2.24) is 0 Å². The van der Waals surface area contributed by atoms with Crippen molar-refractivity contribution in [3.63, 3.8) is 0 Å². The molecule has 0 saturated carbocycles. The Balaban J connectivity index is 1.75. The van der Waals surface area contributed by atoms with E-state index >= 15 is 0 Å². The summed E-state index contributed by atoms with van der Waals surface area (Å²) in [6, 6.07) is 24.4. The summed E-state index contributed by atoms with van der Waals surface area (Å²) >= 11 is 0. The highest BCUT2D eigenvalue weighted by Crippen LogP contribution is 2.24. The molecule has 0 aliphatic rings. The zero-order valence-electron chi connectivity index (χ0n) is 15.6. The van der Waals surface area contributed by atoms with Gasteiger partial charge in [0.1, 0.15) is 0 Å². The minimum atomic E-state index is -3.59. The molecule has 1 N–H and O–H groups in total. The van der Waals surface area contributed by atoms with Crippen molar-refractivity contribution in [2.24, 2.45) is 0 Å². The third-order valence-electron chi connectivity index (χ3n) is 4.35. The van der Waals surface area contributed by atoms with Crippen LogP contribution in [0, 0.1) is 6.92 Å². The minimum absolute atomic E-state index is 0.286. The number of nitrogens with one attached hydrogen (secondary N) is 1. The van der Waals surface area contributed by atoms with Crippen molar-refractivity contribution < 1.29 is 8.42 Å². The van der Waals surface area contributed by atoms with E-state index in [4.69, 9.17) is 0 Å². The van der Waals surface area contributed by atoms with E-state index in [1.54, 1.807) is 24.3 Å². The van der Waals surface area contributed by atoms with Crippen LogP contribution in [0.25, 0.3) is 0 Å². The largest absolute Gasteiger partial charge is 0.381 e. The van der Waals surface area contributed by atoms with Crippen LogP contribution in [0.4, 0.5) is 11.4 Å². The zero-order chi connectivity index (χ0) is 19.3. The SMILES string of the molecule is CCN(c1ccccc1)S(=O)(=O)c1ccc(NCc2cccc(C)c2)cc1. The molecule has 0 aromatic heterocycles. The van der Waals surface area contributed by atoms with Crippen molar-refractivity contribution in [1.29, 1.82) is 0 Å². The van der Waals surface area contributed by atoms with E-state index in [1.165, 1.54) is 15.4 Å². The van der Waals surface area contributed by atoms with Crippen LogP contribution in [-0.4, -0.2) is 15.0 Å². The van der Waals surface area contributed by atoms with Gasteiger partial charge < -0.3 is 5.32 Å². The number of rotatable bonds is 7. The Bertz CT molecular complexity index is 984. The Morgan fingerprint density at radius 3 is 2.22 bits per heavy atom. The van der Waals surface area contributed by atoms with Gasteiger partial charge in [-0.1, -0.05) is 48.0 Å². The molecule has 4 nitrogen and oxygen atoms in total. The summed E-state index contributed by atoms with van der Waals surface area (Å²) in [6.07, 6.45) is 0. The summed E-state index contributed by atoms with van der Waals surface area (Å²) in [6.45, 7) is 4.97. The van der Waals surface area contributed by atoms with E-state index in [0.717, 1.165) is 5.69 Å². The topological polar surface area (TPSA) is 49.4 Å². The van der Waals surface area contributed by atoms with Gasteiger partial charge >= 0.3 is 0 Å². The van der Waals surface area contributed by atoms with E-state index < -0.39 is 10.0 Å². The average Bonchev–Trinajstić information content (AvgIpc) is 2.68. The molecule has 3 rings (SSSR count). The first-order chi connectivity index (χ1) is 13.0. The highest BCUT2D eigenvalue weighted by molar-refractivity contribution is 7.92. The number of aryl methyl sites for hydroxylation is 1. The van der Waals surface area contributed by atoms with Crippen LogP contribution in [0.15, 0.2) is 83.8 Å². The van der Waals surface area contributed by atoms with Crippen molar-refractivity contribution in [3.05, 3.63) is 90.0 Å². The summed E-state index contributed by atoms with van der Waals surface area (Å²) in [5, 5.41) is 3.33. The molecule has 27 heavy (non-hydrogen) atoms. The number of para-hydroxylation sites is 1. The Labute approximate surface area is 161 Å². The quantitative estimate of drug-likeness (QED) is 0.639. The highest BCUT2D eigenvalue weighted by atomic mass is 32.2. The average molecular weight is 381 g/mol. The maximum absolute atomic E-state index is 13.0. The first-order valence-corrected chi connectivity index (χ1v) is 10.4. The third kappa shape index (κ3) is 4.49. The molecule has 0 spiro atoms. The number of anilines is 2. The second-order valence-corrected chi connectivity index (χ2v) is 8.23. The maximum atomic E-state index is 13.0. The van der Waals surface area contributed by atoms with Gasteiger partial charge in [-0.2, -0.15) is 0 Å². The molecular weight excluding hydrogens is 356 g/mol. The minimum Gasteiger partial charge on any atom is -0.381 e. The lowest BCUT2D eigenvalue weighted by Crippen LogP contribution is -2.30. The molecule has 0 atom stereocenters. The summed E-state index contributed by atoms with van der Waals surface area (Å²) in [5.74, 6) is 0. The van der Waals surface area contributed by atoms with E-state index in [-0.39, 0.29) is 4.90 Å². The van der Waals surface area contributed by atoms with E-state index in [9.17, 15) is 8.42 Å². The predicted molar refractivity (Wildman–Crippen MR) is 112 cm³/mol. The van der Waals surface area contributed by atoms with Crippen LogP contribution in [0.3, 0.4) is 0 Å². The third-order valence-corrected chi connectivity index (χ3v) is 6.27. The fourth-order valence-corrected chi connectivity index (χ4v) is 4.46. The molecule has 0 heterocycles. The standard InChI is InChI=1S/C22H24N2O2S/c1-3-24(21-10-5-4-6-11-21)27(25,26)22-14-12-20(13-15-22)23-17-19-9-7-8-18(2)16-19/h4-16,23H,3,17H2,1-2H3. The lowest BCUT2D eigenvalue weighted by molar-refractivity contribution is 0.592. The molecule has 3 aromatic carbocycles. The van der Waals surface area contributed by atoms with Gasteiger partial charge in [-0.25, -0.2) is 8.42 Å². The van der Waals surface area contributed by atoms with Gasteiger partial charge in [0.05, 0.1) is 10.6 Å². The zero-order valence-corrected chi connectivity index (χ0v) is 16.4. The normalized spacial score (nSPS) is 11.2. The molecule has 0 radical (unpaired) electrons. The molecular formula is C22H24N2O2S. The maximum Gasteiger partial charge on any atom is 0.264 e. The number of hydrogen-bond acceptors (Lipinski definition) is 3. The van der Waals surface area contributed by atoms with Gasteiger partial charge in [-0.3, -0.25) is 4.31 Å². The van der Waals surface area contributed by atoms with Crippen molar-refractivity contribution >= 4 is 21.4 Å². The van der Waals surface area contributed by atoms with Crippen LogP contribution in [-0.2, 0) is 16.6 Å². The Kier molecular flexibility index (Phi) is 5.81. The number of hydrogen-bond donors (Lipinski definition) is 1. The Hall–Kier alpha value is -2.79. The first-order valence-electron chi connectivity index (χ1n) is 8.98. The predicted octanol–water partition coefficient (Wildman–Crippen LogP) is 4.82. The molecule has 3 aromatic rings. The van der Waals surface area contributed by atoms with Gasteiger partial charge in [0.25, 0.3) is 10.0 Å². The second kappa shape index (κ2) is 8.27. The van der Waals surface area contributed by atoms with Crippen molar-refractivity contribution in [2.75, 3.05) is 16.2 Å². The lowest BCUT2D eigenvalue weighted by Gasteiger charge is -2.23. The second-order valence-electron chi connectivity index (χ2n) is 6.37. The van der Waals surface area contributed by atoms with Gasteiger partial charge in [-0.15, -0.1) is 0 Å². The monoisotopic (exact) mass is 380 g/mol. The molecule has 0 bridgehead atoms. The van der Waals surface area contributed by atoms with Crippen LogP contribution in [0.1, 0.15) is 18.1 Å². The summed E-state index contributed by atoms with van der Waals surface area (Å²) in [4.78, 5) is 0.286. The molecule has 0 fully saturated rings. The summed E-state index contributed by atoms with van der Waals surface area (Å²) in [5.41, 5.74) is 3.96. The van der Waals surface area contributed by atoms with E-state index in [1.807, 2.05) is 43.3 Å². The molecule has 0 saturated heterocycles. The smallest absolute Gasteiger partial charge is 0.264 e. The summed E-state index contributed by atoms with van der Waals surface area (Å²) in [7, 11) is -3.59. The Morgan fingerprint density at radius 2 is 1.59 bits per heavy atom.